The van der Waals surface area contributed by atoms with Gasteiger partial charge in [0.1, 0.15) is 12.2 Å². The van der Waals surface area contributed by atoms with Gasteiger partial charge in [-0.05, 0) is 32.1 Å². The Labute approximate surface area is 154 Å². The lowest BCUT2D eigenvalue weighted by molar-refractivity contribution is -0.145. The lowest BCUT2D eigenvalue weighted by Crippen LogP contribution is -2.51. The Morgan fingerprint density at radius 1 is 1.12 bits per heavy atom. The van der Waals surface area contributed by atoms with Gasteiger partial charge in [-0.2, -0.15) is 0 Å². The molecule has 1 saturated carbocycles. The molecule has 4 rings (SSSR count). The van der Waals surface area contributed by atoms with E-state index in [4.69, 9.17) is 0 Å². The molecule has 2 saturated heterocycles. The third-order valence-corrected chi connectivity index (χ3v) is 6.48. The Kier molecular flexibility index (Phi) is 4.96. The molecule has 0 bridgehead atoms. The maximum atomic E-state index is 13.0. The second-order valence-corrected chi connectivity index (χ2v) is 8.12. The van der Waals surface area contributed by atoms with E-state index in [2.05, 4.69) is 10.2 Å². The molecule has 0 N–H and O–H groups in total. The van der Waals surface area contributed by atoms with Crippen LogP contribution in [0, 0.1) is 5.92 Å². The number of aromatic nitrogens is 3. The van der Waals surface area contributed by atoms with Crippen molar-refractivity contribution in [3.63, 3.8) is 0 Å². The fourth-order valence-corrected chi connectivity index (χ4v) is 4.92. The standard InChI is InChI=1S/C19H29N5O2/c1-22-13-20-21-18(22)14-8-10-23(11-9-14)19(26)15-6-7-17(25)24(12-15)16-4-2-3-5-16/h13-16H,2-12H2,1H3/t15-/m1/s1. The van der Waals surface area contributed by atoms with Gasteiger partial charge in [0.05, 0.1) is 5.92 Å². The highest BCUT2D eigenvalue weighted by Gasteiger charge is 2.37. The summed E-state index contributed by atoms with van der Waals surface area (Å²) in [7, 11) is 1.98. The van der Waals surface area contributed by atoms with Crippen molar-refractivity contribution < 1.29 is 9.59 Å². The van der Waals surface area contributed by atoms with E-state index in [0.717, 1.165) is 44.6 Å². The van der Waals surface area contributed by atoms with E-state index in [-0.39, 0.29) is 17.7 Å². The van der Waals surface area contributed by atoms with Gasteiger partial charge in [-0.15, -0.1) is 10.2 Å². The first-order chi connectivity index (χ1) is 12.6. The maximum absolute atomic E-state index is 13.0. The normalized spacial score (nSPS) is 25.9. The summed E-state index contributed by atoms with van der Waals surface area (Å²) in [5, 5.41) is 8.20. The number of aryl methyl sites for hydroxylation is 1. The first kappa shape index (κ1) is 17.5. The maximum Gasteiger partial charge on any atom is 0.227 e. The molecule has 0 spiro atoms. The van der Waals surface area contributed by atoms with E-state index < -0.39 is 0 Å². The smallest absolute Gasteiger partial charge is 0.227 e. The molecule has 142 valence electrons. The van der Waals surface area contributed by atoms with Gasteiger partial charge < -0.3 is 14.4 Å². The molecule has 3 heterocycles. The Bertz CT molecular complexity index is 659. The molecule has 2 amide bonds. The van der Waals surface area contributed by atoms with E-state index >= 15 is 0 Å². The van der Waals surface area contributed by atoms with Crippen LogP contribution in [-0.2, 0) is 16.6 Å². The topological polar surface area (TPSA) is 71.3 Å². The van der Waals surface area contributed by atoms with Gasteiger partial charge in [0.2, 0.25) is 11.8 Å². The third kappa shape index (κ3) is 3.35. The second-order valence-electron chi connectivity index (χ2n) is 8.12. The summed E-state index contributed by atoms with van der Waals surface area (Å²) in [6, 6.07) is 0.375. The van der Waals surface area contributed by atoms with Gasteiger partial charge in [0, 0.05) is 45.1 Å². The van der Waals surface area contributed by atoms with Crippen molar-refractivity contribution in [2.24, 2.45) is 13.0 Å². The van der Waals surface area contributed by atoms with Crippen LogP contribution in [0.4, 0.5) is 0 Å². The minimum atomic E-state index is -0.0142. The SMILES string of the molecule is Cn1cnnc1C1CCN(C(=O)[C@@H]2CCC(=O)N(C3CCCC3)C2)CC1. The fraction of sp³-hybridized carbons (Fsp3) is 0.789. The van der Waals surface area contributed by atoms with Crippen molar-refractivity contribution in [1.29, 1.82) is 0 Å². The van der Waals surface area contributed by atoms with Gasteiger partial charge in [-0.1, -0.05) is 12.8 Å². The number of piperidine rings is 2. The Morgan fingerprint density at radius 3 is 2.50 bits per heavy atom. The van der Waals surface area contributed by atoms with Gasteiger partial charge in [0.15, 0.2) is 0 Å². The van der Waals surface area contributed by atoms with Crippen LogP contribution in [0.25, 0.3) is 0 Å². The summed E-state index contributed by atoms with van der Waals surface area (Å²) < 4.78 is 1.98. The van der Waals surface area contributed by atoms with E-state index in [9.17, 15) is 9.59 Å². The van der Waals surface area contributed by atoms with Gasteiger partial charge in [-0.3, -0.25) is 9.59 Å². The van der Waals surface area contributed by atoms with Crippen molar-refractivity contribution in [2.45, 2.75) is 63.3 Å². The molecule has 26 heavy (non-hydrogen) atoms. The fourth-order valence-electron chi connectivity index (χ4n) is 4.92. The second kappa shape index (κ2) is 7.37. The Balaban J connectivity index is 1.34. The predicted octanol–water partition coefficient (Wildman–Crippen LogP) is 1.70. The Morgan fingerprint density at radius 2 is 1.85 bits per heavy atom. The van der Waals surface area contributed by atoms with E-state index in [1.807, 2.05) is 21.4 Å². The molecular formula is C19H29N5O2. The average molecular weight is 359 g/mol. The summed E-state index contributed by atoms with van der Waals surface area (Å²) in [5.41, 5.74) is 0. The molecule has 7 nitrogen and oxygen atoms in total. The molecular weight excluding hydrogens is 330 g/mol. The molecule has 0 unspecified atom stereocenters. The van der Waals surface area contributed by atoms with Gasteiger partial charge >= 0.3 is 0 Å². The summed E-state index contributed by atoms with van der Waals surface area (Å²) in [6.45, 7) is 2.19. The van der Waals surface area contributed by atoms with Crippen LogP contribution >= 0.6 is 0 Å². The molecule has 0 aromatic carbocycles. The molecule has 3 fully saturated rings. The molecule has 0 radical (unpaired) electrons. The highest BCUT2D eigenvalue weighted by Crippen LogP contribution is 2.31. The lowest BCUT2D eigenvalue weighted by Gasteiger charge is -2.39. The highest BCUT2D eigenvalue weighted by molar-refractivity contribution is 5.84. The van der Waals surface area contributed by atoms with E-state index in [0.29, 0.717) is 31.3 Å². The largest absolute Gasteiger partial charge is 0.342 e. The summed E-state index contributed by atoms with van der Waals surface area (Å²) in [4.78, 5) is 29.4. The van der Waals surface area contributed by atoms with Crippen LogP contribution in [0.15, 0.2) is 6.33 Å². The van der Waals surface area contributed by atoms with Crippen LogP contribution in [0.3, 0.4) is 0 Å². The molecule has 2 aliphatic heterocycles. The number of amides is 2. The van der Waals surface area contributed by atoms with Crippen LogP contribution in [0.2, 0.25) is 0 Å². The van der Waals surface area contributed by atoms with Crippen molar-refractivity contribution in [1.82, 2.24) is 24.6 Å². The number of nitrogens with zero attached hydrogens (tertiary/aromatic N) is 5. The zero-order valence-corrected chi connectivity index (χ0v) is 15.6. The molecule has 3 aliphatic rings. The molecule has 1 aliphatic carbocycles. The first-order valence-corrected chi connectivity index (χ1v) is 10.1. The number of hydrogen-bond donors (Lipinski definition) is 0. The molecule has 1 aromatic rings. The van der Waals surface area contributed by atoms with Crippen molar-refractivity contribution in [3.05, 3.63) is 12.2 Å². The van der Waals surface area contributed by atoms with E-state index in [1.165, 1.54) is 12.8 Å². The van der Waals surface area contributed by atoms with Crippen LogP contribution in [0.1, 0.15) is 63.1 Å². The van der Waals surface area contributed by atoms with Gasteiger partial charge in [-0.25, -0.2) is 0 Å². The minimum absolute atomic E-state index is 0.0142. The van der Waals surface area contributed by atoms with Crippen LogP contribution in [0.5, 0.6) is 0 Å². The lowest BCUT2D eigenvalue weighted by atomic mass is 9.91. The number of likely N-dealkylation sites (tertiary alicyclic amines) is 2. The van der Waals surface area contributed by atoms with Crippen molar-refractivity contribution in [2.75, 3.05) is 19.6 Å². The van der Waals surface area contributed by atoms with Crippen molar-refractivity contribution >= 4 is 11.8 Å². The third-order valence-electron chi connectivity index (χ3n) is 6.48. The number of hydrogen-bond acceptors (Lipinski definition) is 4. The van der Waals surface area contributed by atoms with Crippen LogP contribution < -0.4 is 0 Å². The number of carbonyl (C=O) groups is 2. The monoisotopic (exact) mass is 359 g/mol. The number of rotatable bonds is 3. The van der Waals surface area contributed by atoms with E-state index in [1.54, 1.807) is 6.33 Å². The molecule has 7 heteroatoms. The Hall–Kier alpha value is -1.92. The first-order valence-electron chi connectivity index (χ1n) is 10.1. The summed E-state index contributed by atoms with van der Waals surface area (Å²) >= 11 is 0. The zero-order chi connectivity index (χ0) is 18.1. The van der Waals surface area contributed by atoms with Crippen molar-refractivity contribution in [3.8, 4) is 0 Å². The van der Waals surface area contributed by atoms with Crippen LogP contribution in [-0.4, -0.2) is 62.1 Å². The minimum Gasteiger partial charge on any atom is -0.342 e. The highest BCUT2D eigenvalue weighted by atomic mass is 16.2. The summed E-state index contributed by atoms with van der Waals surface area (Å²) in [5.74, 6) is 1.89. The quantitative estimate of drug-likeness (QED) is 0.824. The predicted molar refractivity (Wildman–Crippen MR) is 96.3 cm³/mol. The zero-order valence-electron chi connectivity index (χ0n) is 15.6. The average Bonchev–Trinajstić information content (AvgIpc) is 3.33. The summed E-state index contributed by atoms with van der Waals surface area (Å²) in [6.07, 6.45) is 9.50. The van der Waals surface area contributed by atoms with Gasteiger partial charge in [0.25, 0.3) is 0 Å². The molecule has 1 atom stereocenters. The number of carbonyl (C=O) groups excluding carboxylic acids is 2. The molecule has 1 aromatic heterocycles.